The molecule has 1 atom stereocenters. The quantitative estimate of drug-likeness (QED) is 0.685. The molecule has 2 aromatic carbocycles. The Kier molecular flexibility index (Phi) is 5.30. The Morgan fingerprint density at radius 2 is 1.48 bits per heavy atom. The fraction of sp³-hybridized carbons (Fsp3) is 0.364. The van der Waals surface area contributed by atoms with Crippen molar-refractivity contribution >= 4 is 5.69 Å². The molecule has 0 spiro atoms. The van der Waals surface area contributed by atoms with Gasteiger partial charge in [-0.3, -0.25) is 0 Å². The third kappa shape index (κ3) is 4.25. The predicted octanol–water partition coefficient (Wildman–Crippen LogP) is 6.29. The zero-order valence-electron chi connectivity index (χ0n) is 15.3. The third-order valence-electron chi connectivity index (χ3n) is 4.46. The van der Waals surface area contributed by atoms with Crippen LogP contribution < -0.4 is 5.32 Å². The van der Waals surface area contributed by atoms with E-state index >= 15 is 0 Å². The molecule has 0 radical (unpaired) electrons. The number of aryl methyl sites for hydroxylation is 4. The molecule has 0 saturated heterocycles. The average Bonchev–Trinajstić information content (AvgIpc) is 2.41. The lowest BCUT2D eigenvalue weighted by molar-refractivity contribution is 0.558. The predicted molar refractivity (Wildman–Crippen MR) is 102 cm³/mol. The van der Waals surface area contributed by atoms with Crippen LogP contribution in [0.15, 0.2) is 48.7 Å². The second-order valence-corrected chi connectivity index (χ2v) is 7.09. The van der Waals surface area contributed by atoms with Crippen molar-refractivity contribution < 1.29 is 0 Å². The van der Waals surface area contributed by atoms with Crippen LogP contribution in [0.3, 0.4) is 0 Å². The Morgan fingerprint density at radius 1 is 0.870 bits per heavy atom. The van der Waals surface area contributed by atoms with Crippen molar-refractivity contribution in [1.29, 1.82) is 0 Å². The summed E-state index contributed by atoms with van der Waals surface area (Å²) in [5.74, 6) is 0.790. The van der Waals surface area contributed by atoms with E-state index in [2.05, 4.69) is 89.8 Å². The molecule has 0 amide bonds. The number of benzene rings is 2. The van der Waals surface area contributed by atoms with E-state index in [9.17, 15) is 0 Å². The van der Waals surface area contributed by atoms with Crippen molar-refractivity contribution in [3.8, 4) is 0 Å². The van der Waals surface area contributed by atoms with Crippen molar-refractivity contribution in [2.45, 2.75) is 47.5 Å². The maximum absolute atomic E-state index is 4.35. The van der Waals surface area contributed by atoms with E-state index in [1.54, 1.807) is 0 Å². The topological polar surface area (TPSA) is 12.0 Å². The summed E-state index contributed by atoms with van der Waals surface area (Å²) in [6.07, 6.45) is 0. The van der Waals surface area contributed by atoms with E-state index in [1.807, 2.05) is 0 Å². The Bertz CT molecular complexity index is 690. The smallest absolute Gasteiger partial charge is 0.0384 e. The maximum atomic E-state index is 4.35. The summed E-state index contributed by atoms with van der Waals surface area (Å²) in [4.78, 5) is 0. The molecule has 0 aromatic heterocycles. The van der Waals surface area contributed by atoms with Crippen LogP contribution in [0.5, 0.6) is 0 Å². The van der Waals surface area contributed by atoms with E-state index < -0.39 is 0 Å². The van der Waals surface area contributed by atoms with Crippen LogP contribution in [0.1, 0.15) is 47.6 Å². The molecule has 0 aliphatic heterocycles. The first-order valence-electron chi connectivity index (χ1n) is 8.39. The standard InChI is InChI=1S/C22H29N/c1-14(2)22(20-11-15(3)10-16(4)12-20)19(7)23-21-9-8-17(5)18(6)13-21/h8-14,22-23H,7H2,1-6H3. The van der Waals surface area contributed by atoms with Crippen LogP contribution in [0.4, 0.5) is 5.69 Å². The van der Waals surface area contributed by atoms with Gasteiger partial charge in [-0.2, -0.15) is 0 Å². The van der Waals surface area contributed by atoms with Crippen LogP contribution in [0.25, 0.3) is 0 Å². The van der Waals surface area contributed by atoms with Gasteiger partial charge in [-0.05, 0) is 62.4 Å². The molecule has 1 unspecified atom stereocenters. The summed E-state index contributed by atoms with van der Waals surface area (Å²) >= 11 is 0. The molecule has 1 N–H and O–H groups in total. The van der Waals surface area contributed by atoms with Gasteiger partial charge in [0.1, 0.15) is 0 Å². The number of hydrogen-bond acceptors (Lipinski definition) is 1. The van der Waals surface area contributed by atoms with Gasteiger partial charge in [-0.1, -0.05) is 55.8 Å². The minimum absolute atomic E-state index is 0.301. The number of anilines is 1. The first kappa shape index (κ1) is 17.3. The molecule has 0 heterocycles. The van der Waals surface area contributed by atoms with Crippen molar-refractivity contribution in [1.82, 2.24) is 0 Å². The Hall–Kier alpha value is -2.02. The molecule has 2 aromatic rings. The van der Waals surface area contributed by atoms with Crippen molar-refractivity contribution in [3.63, 3.8) is 0 Å². The lowest BCUT2D eigenvalue weighted by Gasteiger charge is -2.26. The molecule has 0 fully saturated rings. The van der Waals surface area contributed by atoms with E-state index in [0.29, 0.717) is 11.8 Å². The van der Waals surface area contributed by atoms with Gasteiger partial charge in [0.2, 0.25) is 0 Å². The normalized spacial score (nSPS) is 12.3. The van der Waals surface area contributed by atoms with Crippen molar-refractivity contribution in [2.75, 3.05) is 5.32 Å². The minimum Gasteiger partial charge on any atom is -0.359 e. The van der Waals surface area contributed by atoms with Crippen LogP contribution in [0.2, 0.25) is 0 Å². The van der Waals surface area contributed by atoms with Gasteiger partial charge in [0, 0.05) is 17.3 Å². The molecule has 0 bridgehead atoms. The van der Waals surface area contributed by atoms with E-state index in [0.717, 1.165) is 11.4 Å². The Balaban J connectivity index is 2.29. The largest absolute Gasteiger partial charge is 0.359 e. The van der Waals surface area contributed by atoms with Gasteiger partial charge in [-0.15, -0.1) is 0 Å². The molecule has 122 valence electrons. The number of nitrogens with one attached hydrogen (secondary N) is 1. The highest BCUT2D eigenvalue weighted by Crippen LogP contribution is 2.33. The SMILES string of the molecule is C=C(Nc1ccc(C)c(C)c1)C(c1cc(C)cc(C)c1)C(C)C. The van der Waals surface area contributed by atoms with Crippen molar-refractivity contribution in [2.24, 2.45) is 5.92 Å². The molecule has 1 nitrogen and oxygen atoms in total. The molecular weight excluding hydrogens is 278 g/mol. The zero-order chi connectivity index (χ0) is 17.1. The van der Waals surface area contributed by atoms with Gasteiger partial charge in [-0.25, -0.2) is 0 Å². The van der Waals surface area contributed by atoms with Gasteiger partial charge in [0.05, 0.1) is 0 Å². The number of allylic oxidation sites excluding steroid dienone is 1. The van der Waals surface area contributed by atoms with E-state index in [1.165, 1.54) is 27.8 Å². The molecular formula is C22H29N. The van der Waals surface area contributed by atoms with Gasteiger partial charge in [0.25, 0.3) is 0 Å². The summed E-state index contributed by atoms with van der Waals surface area (Å²) in [5, 5.41) is 3.53. The van der Waals surface area contributed by atoms with E-state index in [4.69, 9.17) is 0 Å². The molecule has 1 heteroatoms. The van der Waals surface area contributed by atoms with Crippen molar-refractivity contribution in [3.05, 3.63) is 76.5 Å². The van der Waals surface area contributed by atoms with E-state index in [-0.39, 0.29) is 0 Å². The second-order valence-electron chi connectivity index (χ2n) is 7.09. The molecule has 23 heavy (non-hydrogen) atoms. The maximum Gasteiger partial charge on any atom is 0.0384 e. The number of rotatable bonds is 5. The van der Waals surface area contributed by atoms with Crippen LogP contribution >= 0.6 is 0 Å². The van der Waals surface area contributed by atoms with Crippen LogP contribution in [0, 0.1) is 33.6 Å². The first-order chi connectivity index (χ1) is 10.8. The highest BCUT2D eigenvalue weighted by atomic mass is 14.9. The lowest BCUT2D eigenvalue weighted by atomic mass is 9.84. The van der Waals surface area contributed by atoms with Crippen LogP contribution in [-0.4, -0.2) is 0 Å². The summed E-state index contributed by atoms with van der Waals surface area (Å²) in [5.41, 5.74) is 8.76. The van der Waals surface area contributed by atoms with Gasteiger partial charge >= 0.3 is 0 Å². The fourth-order valence-electron chi connectivity index (χ4n) is 3.26. The summed E-state index contributed by atoms with van der Waals surface area (Å²) in [7, 11) is 0. The average molecular weight is 307 g/mol. The summed E-state index contributed by atoms with van der Waals surface area (Å²) in [6, 6.07) is 13.3. The number of hydrogen-bond donors (Lipinski definition) is 1. The first-order valence-corrected chi connectivity index (χ1v) is 8.39. The lowest BCUT2D eigenvalue weighted by Crippen LogP contribution is -2.15. The zero-order valence-corrected chi connectivity index (χ0v) is 15.3. The molecule has 0 aliphatic rings. The third-order valence-corrected chi connectivity index (χ3v) is 4.46. The minimum atomic E-state index is 0.301. The Labute approximate surface area is 141 Å². The monoisotopic (exact) mass is 307 g/mol. The highest BCUT2D eigenvalue weighted by Gasteiger charge is 2.20. The fourth-order valence-corrected chi connectivity index (χ4v) is 3.26. The highest BCUT2D eigenvalue weighted by molar-refractivity contribution is 5.53. The van der Waals surface area contributed by atoms with Crippen LogP contribution in [-0.2, 0) is 0 Å². The summed E-state index contributed by atoms with van der Waals surface area (Å²) in [6.45, 7) is 17.5. The Morgan fingerprint density at radius 3 is 2.00 bits per heavy atom. The molecule has 0 aliphatic carbocycles. The molecule has 2 rings (SSSR count). The van der Waals surface area contributed by atoms with Gasteiger partial charge < -0.3 is 5.32 Å². The summed E-state index contributed by atoms with van der Waals surface area (Å²) < 4.78 is 0. The molecule has 0 saturated carbocycles. The van der Waals surface area contributed by atoms with Gasteiger partial charge in [0.15, 0.2) is 0 Å². The second kappa shape index (κ2) is 7.04.